The van der Waals surface area contributed by atoms with Gasteiger partial charge in [-0.15, -0.1) is 0 Å². The van der Waals surface area contributed by atoms with Crippen molar-refractivity contribution in [3.8, 4) is 0 Å². The van der Waals surface area contributed by atoms with Crippen molar-refractivity contribution < 1.29 is 14.3 Å². The van der Waals surface area contributed by atoms with Crippen LogP contribution in [0.3, 0.4) is 0 Å². The van der Waals surface area contributed by atoms with Gasteiger partial charge in [0, 0.05) is 12.2 Å². The van der Waals surface area contributed by atoms with Crippen LogP contribution in [0.2, 0.25) is 0 Å². The molecule has 1 heterocycles. The van der Waals surface area contributed by atoms with Crippen LogP contribution in [0.5, 0.6) is 0 Å². The molecule has 134 valence electrons. The highest BCUT2D eigenvalue weighted by atomic mass is 16.6. The van der Waals surface area contributed by atoms with Crippen molar-refractivity contribution in [3.63, 3.8) is 0 Å². The van der Waals surface area contributed by atoms with Crippen molar-refractivity contribution >= 4 is 12.0 Å². The van der Waals surface area contributed by atoms with Crippen molar-refractivity contribution in [2.75, 3.05) is 6.54 Å². The zero-order valence-electron chi connectivity index (χ0n) is 15.1. The number of ether oxygens (including phenoxy) is 1. The van der Waals surface area contributed by atoms with Crippen LogP contribution >= 0.6 is 0 Å². The third kappa shape index (κ3) is 5.67. The van der Waals surface area contributed by atoms with Gasteiger partial charge in [0.1, 0.15) is 12.1 Å². The number of nitrogens with zero attached hydrogens (tertiary/aromatic N) is 1. The van der Waals surface area contributed by atoms with E-state index in [4.69, 9.17) is 4.74 Å². The molecule has 0 saturated carbocycles. The normalized spacial score (nSPS) is 15.4. The second kappa shape index (κ2) is 7.88. The third-order valence-electron chi connectivity index (χ3n) is 3.43. The Morgan fingerprint density at radius 1 is 1.32 bits per heavy atom. The van der Waals surface area contributed by atoms with Crippen LogP contribution in [-0.2, 0) is 16.1 Å². The molecule has 0 aromatic heterocycles. The summed E-state index contributed by atoms with van der Waals surface area (Å²) in [6.07, 6.45) is 2.99. The number of hydrogen-bond donors (Lipinski definition) is 2. The van der Waals surface area contributed by atoms with E-state index in [-0.39, 0.29) is 12.5 Å². The molecule has 0 fully saturated rings. The third-order valence-corrected chi connectivity index (χ3v) is 3.43. The molecule has 6 nitrogen and oxygen atoms in total. The largest absolute Gasteiger partial charge is 0.443 e. The average molecular weight is 343 g/mol. The first-order valence-electron chi connectivity index (χ1n) is 8.21. The molecule has 2 N–H and O–H groups in total. The second-order valence-electron chi connectivity index (χ2n) is 6.82. The molecule has 2 amide bonds. The maximum Gasteiger partial charge on any atom is 0.415 e. The van der Waals surface area contributed by atoms with Gasteiger partial charge in [-0.1, -0.05) is 30.3 Å². The molecule has 0 atom stereocenters. The molecule has 0 aliphatic carbocycles. The molecule has 0 saturated heterocycles. The summed E-state index contributed by atoms with van der Waals surface area (Å²) in [6.45, 7) is 7.74. The van der Waals surface area contributed by atoms with Crippen molar-refractivity contribution in [2.45, 2.75) is 39.8 Å². The summed E-state index contributed by atoms with van der Waals surface area (Å²) < 4.78 is 5.40. The Bertz CT molecular complexity index is 688. The molecular formula is C19H25N3O3. The maximum absolute atomic E-state index is 12.4. The number of rotatable bonds is 4. The molecule has 0 unspecified atom stereocenters. The monoisotopic (exact) mass is 343 g/mol. The van der Waals surface area contributed by atoms with Crippen LogP contribution in [0.1, 0.15) is 33.3 Å². The van der Waals surface area contributed by atoms with Crippen LogP contribution in [0, 0.1) is 0 Å². The zero-order chi connectivity index (χ0) is 18.4. The lowest BCUT2D eigenvalue weighted by Crippen LogP contribution is -2.47. The number of hydrogen-bond acceptors (Lipinski definition) is 4. The van der Waals surface area contributed by atoms with Gasteiger partial charge in [-0.3, -0.25) is 9.69 Å². The van der Waals surface area contributed by atoms with E-state index >= 15 is 0 Å². The van der Waals surface area contributed by atoms with Crippen LogP contribution in [0.25, 0.3) is 0 Å². The van der Waals surface area contributed by atoms with Crippen LogP contribution in [0.4, 0.5) is 4.79 Å². The van der Waals surface area contributed by atoms with Gasteiger partial charge >= 0.3 is 6.09 Å². The first-order valence-corrected chi connectivity index (χ1v) is 8.21. The smallest absolute Gasteiger partial charge is 0.415 e. The van der Waals surface area contributed by atoms with E-state index in [9.17, 15) is 9.59 Å². The Morgan fingerprint density at radius 2 is 2.00 bits per heavy atom. The van der Waals surface area contributed by atoms with Crippen LogP contribution < -0.4 is 10.6 Å². The van der Waals surface area contributed by atoms with Gasteiger partial charge in [0.25, 0.3) is 0 Å². The Hall–Kier alpha value is -2.76. The summed E-state index contributed by atoms with van der Waals surface area (Å²) in [5, 5.41) is 5.93. The molecule has 1 aromatic carbocycles. The molecule has 0 radical (unpaired) electrons. The summed E-state index contributed by atoms with van der Waals surface area (Å²) in [5.74, 6) is -0.238. The van der Waals surface area contributed by atoms with Crippen molar-refractivity contribution in [3.05, 3.63) is 59.6 Å². The van der Waals surface area contributed by atoms with E-state index in [1.165, 1.54) is 4.90 Å². The first kappa shape index (κ1) is 18.6. The Labute approximate surface area is 148 Å². The van der Waals surface area contributed by atoms with Crippen molar-refractivity contribution in [2.24, 2.45) is 0 Å². The summed E-state index contributed by atoms with van der Waals surface area (Å²) in [5.41, 5.74) is 1.74. The molecule has 1 aliphatic rings. The molecule has 0 bridgehead atoms. The second-order valence-corrected chi connectivity index (χ2v) is 6.82. The molecule has 25 heavy (non-hydrogen) atoms. The van der Waals surface area contributed by atoms with Crippen molar-refractivity contribution in [1.29, 1.82) is 0 Å². The Balaban J connectivity index is 2.08. The van der Waals surface area contributed by atoms with E-state index < -0.39 is 11.7 Å². The highest BCUT2D eigenvalue weighted by molar-refractivity contribution is 5.87. The highest BCUT2D eigenvalue weighted by Gasteiger charge is 2.30. The minimum atomic E-state index is -0.626. The minimum Gasteiger partial charge on any atom is -0.443 e. The fourth-order valence-electron chi connectivity index (χ4n) is 2.35. The number of carbonyl (C=O) groups is 2. The molecule has 1 aromatic rings. The van der Waals surface area contributed by atoms with E-state index in [1.807, 2.05) is 30.3 Å². The van der Waals surface area contributed by atoms with Gasteiger partial charge in [-0.05, 0) is 45.5 Å². The molecular weight excluding hydrogens is 318 g/mol. The maximum atomic E-state index is 12.4. The summed E-state index contributed by atoms with van der Waals surface area (Å²) in [6, 6.07) is 9.98. The lowest BCUT2D eigenvalue weighted by atomic mass is 10.2. The molecule has 2 rings (SSSR count). The lowest BCUT2D eigenvalue weighted by molar-refractivity contribution is -0.121. The quantitative estimate of drug-likeness (QED) is 0.882. The topological polar surface area (TPSA) is 70.7 Å². The number of nitrogens with one attached hydrogen (secondary N) is 2. The number of benzene rings is 1. The standard InChI is InChI=1S/C19H25N3O3/c1-14-16(10-11-20-12-15-8-6-5-7-9-15)22(13-17(23)21-14)18(24)25-19(2,3)4/h5-11,20H,12-13H2,1-4H3,(H,21,23)/b11-10-. The minimum absolute atomic E-state index is 0.0649. The zero-order valence-corrected chi connectivity index (χ0v) is 15.1. The lowest BCUT2D eigenvalue weighted by Gasteiger charge is -2.31. The van der Waals surface area contributed by atoms with Gasteiger partial charge in [-0.25, -0.2) is 4.79 Å². The molecule has 1 aliphatic heterocycles. The van der Waals surface area contributed by atoms with Gasteiger partial charge in [0.05, 0.1) is 5.70 Å². The Kier molecular flexibility index (Phi) is 5.85. The van der Waals surface area contributed by atoms with Gasteiger partial charge in [-0.2, -0.15) is 0 Å². The summed E-state index contributed by atoms with van der Waals surface area (Å²) in [4.78, 5) is 25.5. The van der Waals surface area contributed by atoms with E-state index in [0.29, 0.717) is 17.9 Å². The summed E-state index contributed by atoms with van der Waals surface area (Å²) in [7, 11) is 0. The predicted molar refractivity (Wildman–Crippen MR) is 96.2 cm³/mol. The van der Waals surface area contributed by atoms with E-state index in [0.717, 1.165) is 5.56 Å². The number of amides is 2. The number of allylic oxidation sites excluding steroid dienone is 2. The van der Waals surface area contributed by atoms with Gasteiger partial charge < -0.3 is 15.4 Å². The highest BCUT2D eigenvalue weighted by Crippen LogP contribution is 2.19. The fraction of sp³-hybridized carbons (Fsp3) is 0.368. The van der Waals surface area contributed by atoms with Gasteiger partial charge in [0.15, 0.2) is 0 Å². The fourth-order valence-corrected chi connectivity index (χ4v) is 2.35. The molecule has 6 heteroatoms. The SMILES string of the molecule is CC1=C(/C=C\NCc2ccccc2)N(C(=O)OC(C)(C)C)CC(=O)N1. The number of carbonyl (C=O) groups excluding carboxylic acids is 2. The molecule has 0 spiro atoms. The average Bonchev–Trinajstić information content (AvgIpc) is 2.52. The Morgan fingerprint density at radius 3 is 2.64 bits per heavy atom. The van der Waals surface area contributed by atoms with Crippen LogP contribution in [0.15, 0.2) is 54.0 Å². The van der Waals surface area contributed by atoms with Gasteiger partial charge in [0.2, 0.25) is 5.91 Å². The van der Waals surface area contributed by atoms with E-state index in [1.54, 1.807) is 40.0 Å². The van der Waals surface area contributed by atoms with Crippen LogP contribution in [-0.4, -0.2) is 29.0 Å². The predicted octanol–water partition coefficient (Wildman–Crippen LogP) is 2.89. The van der Waals surface area contributed by atoms with E-state index in [2.05, 4.69) is 10.6 Å². The summed E-state index contributed by atoms with van der Waals surface area (Å²) >= 11 is 0. The first-order chi connectivity index (χ1) is 11.8. The van der Waals surface area contributed by atoms with Crippen molar-refractivity contribution in [1.82, 2.24) is 15.5 Å².